The number of hydrogen-bond donors (Lipinski definition) is 2. The van der Waals surface area contributed by atoms with Crippen LogP contribution in [0.15, 0.2) is 24.3 Å². The molecule has 1 aromatic carbocycles. The molecular formula is C19H26N2S. The first kappa shape index (κ1) is 14.5. The molecule has 0 spiro atoms. The maximum absolute atomic E-state index is 5.57. The van der Waals surface area contributed by atoms with E-state index in [0.29, 0.717) is 6.04 Å². The van der Waals surface area contributed by atoms with E-state index >= 15 is 0 Å². The van der Waals surface area contributed by atoms with Crippen LogP contribution in [-0.4, -0.2) is 11.2 Å². The molecular weight excluding hydrogens is 288 g/mol. The minimum Gasteiger partial charge on any atom is -0.359 e. The smallest absolute Gasteiger partial charge is 0.171 e. The van der Waals surface area contributed by atoms with Crippen molar-refractivity contribution in [1.82, 2.24) is 5.32 Å². The van der Waals surface area contributed by atoms with Gasteiger partial charge in [-0.2, -0.15) is 0 Å². The summed E-state index contributed by atoms with van der Waals surface area (Å²) in [5.74, 6) is 3.75. The van der Waals surface area contributed by atoms with Crippen LogP contribution >= 0.6 is 12.2 Å². The van der Waals surface area contributed by atoms with E-state index in [2.05, 4.69) is 41.8 Å². The summed E-state index contributed by atoms with van der Waals surface area (Å²) < 4.78 is 0. The lowest BCUT2D eigenvalue weighted by atomic mass is 9.54. The molecule has 5 rings (SSSR count). The van der Waals surface area contributed by atoms with Crippen molar-refractivity contribution in [3.05, 3.63) is 29.8 Å². The maximum atomic E-state index is 5.57. The van der Waals surface area contributed by atoms with Crippen LogP contribution in [0.5, 0.6) is 0 Å². The van der Waals surface area contributed by atoms with Gasteiger partial charge < -0.3 is 10.6 Å². The Morgan fingerprint density at radius 3 is 2.14 bits per heavy atom. The van der Waals surface area contributed by atoms with Crippen LogP contribution in [0.3, 0.4) is 0 Å². The second-order valence-corrected chi connectivity index (χ2v) is 8.01. The molecule has 0 heterocycles. The Bertz CT molecular complexity index is 523. The van der Waals surface area contributed by atoms with Crippen molar-refractivity contribution < 1.29 is 0 Å². The summed E-state index contributed by atoms with van der Waals surface area (Å²) in [7, 11) is 0. The van der Waals surface area contributed by atoms with Gasteiger partial charge in [-0.15, -0.1) is 0 Å². The lowest BCUT2D eigenvalue weighted by molar-refractivity contribution is -0.00665. The summed E-state index contributed by atoms with van der Waals surface area (Å²) in [5, 5.41) is 7.84. The molecule has 0 saturated heterocycles. The predicted molar refractivity (Wildman–Crippen MR) is 96.0 cm³/mol. The first-order chi connectivity index (χ1) is 10.7. The van der Waals surface area contributed by atoms with Crippen molar-refractivity contribution in [2.24, 2.45) is 23.7 Å². The minimum atomic E-state index is 0.614. The van der Waals surface area contributed by atoms with Gasteiger partial charge in [0.2, 0.25) is 0 Å². The van der Waals surface area contributed by atoms with E-state index in [4.69, 9.17) is 12.2 Å². The van der Waals surface area contributed by atoms with Gasteiger partial charge in [-0.3, -0.25) is 0 Å². The van der Waals surface area contributed by atoms with Gasteiger partial charge in [0, 0.05) is 11.7 Å². The number of hydrogen-bond acceptors (Lipinski definition) is 1. The normalized spacial score (nSPS) is 35.4. The van der Waals surface area contributed by atoms with Crippen molar-refractivity contribution in [1.29, 1.82) is 0 Å². The second-order valence-electron chi connectivity index (χ2n) is 7.61. The average molecular weight is 314 g/mol. The third kappa shape index (κ3) is 2.76. The molecule has 22 heavy (non-hydrogen) atoms. The second kappa shape index (κ2) is 5.84. The average Bonchev–Trinajstić information content (AvgIpc) is 2.51. The lowest BCUT2D eigenvalue weighted by Gasteiger charge is -2.54. The van der Waals surface area contributed by atoms with Gasteiger partial charge >= 0.3 is 0 Å². The highest BCUT2D eigenvalue weighted by Gasteiger charge is 2.48. The molecule has 118 valence electrons. The monoisotopic (exact) mass is 314 g/mol. The van der Waals surface area contributed by atoms with Crippen LogP contribution in [0.2, 0.25) is 0 Å². The number of nitrogens with one attached hydrogen (secondary N) is 2. The summed E-state index contributed by atoms with van der Waals surface area (Å²) in [6.07, 6.45) is 8.30. The van der Waals surface area contributed by atoms with Gasteiger partial charge in [-0.25, -0.2) is 0 Å². The summed E-state index contributed by atoms with van der Waals surface area (Å²) in [6.45, 7) is 2.18. The van der Waals surface area contributed by atoms with Crippen molar-refractivity contribution in [3.8, 4) is 0 Å². The molecule has 4 aliphatic carbocycles. The number of aryl methyl sites for hydroxylation is 1. The molecule has 1 aromatic rings. The van der Waals surface area contributed by atoms with Crippen LogP contribution in [0, 0.1) is 23.7 Å². The highest BCUT2D eigenvalue weighted by atomic mass is 32.1. The number of thiocarbonyl (C=S) groups is 1. The van der Waals surface area contributed by atoms with E-state index < -0.39 is 0 Å². The molecule has 0 atom stereocenters. The van der Waals surface area contributed by atoms with E-state index in [-0.39, 0.29) is 0 Å². The Morgan fingerprint density at radius 2 is 1.59 bits per heavy atom. The molecule has 2 N–H and O–H groups in total. The summed E-state index contributed by atoms with van der Waals surface area (Å²) >= 11 is 5.57. The summed E-state index contributed by atoms with van der Waals surface area (Å²) in [4.78, 5) is 0. The highest BCUT2D eigenvalue weighted by Crippen LogP contribution is 2.53. The zero-order valence-electron chi connectivity index (χ0n) is 13.3. The lowest BCUT2D eigenvalue weighted by Crippen LogP contribution is -2.56. The molecule has 0 aromatic heterocycles. The topological polar surface area (TPSA) is 24.1 Å². The Balaban J connectivity index is 1.37. The third-order valence-electron chi connectivity index (χ3n) is 6.14. The Kier molecular flexibility index (Phi) is 3.85. The van der Waals surface area contributed by atoms with Crippen LogP contribution in [-0.2, 0) is 6.42 Å². The summed E-state index contributed by atoms with van der Waals surface area (Å²) in [5.41, 5.74) is 2.46. The van der Waals surface area contributed by atoms with Gasteiger partial charge in [-0.1, -0.05) is 19.1 Å². The molecule has 4 aliphatic rings. The fourth-order valence-electron chi connectivity index (χ4n) is 5.30. The fourth-order valence-corrected chi connectivity index (χ4v) is 5.56. The molecule has 0 amide bonds. The Hall–Kier alpha value is -1.09. The van der Waals surface area contributed by atoms with Gasteiger partial charge in [-0.05, 0) is 92.1 Å². The van der Waals surface area contributed by atoms with Crippen molar-refractivity contribution >= 4 is 23.0 Å². The van der Waals surface area contributed by atoms with Gasteiger partial charge in [0.15, 0.2) is 5.11 Å². The SMILES string of the molecule is CCc1ccc(NC(=S)NC2C3CC4CC(C3)CC2C4)cc1. The van der Waals surface area contributed by atoms with E-state index in [0.717, 1.165) is 40.9 Å². The van der Waals surface area contributed by atoms with Gasteiger partial charge in [0.05, 0.1) is 0 Å². The Labute approximate surface area is 139 Å². The largest absolute Gasteiger partial charge is 0.359 e. The molecule has 0 aliphatic heterocycles. The molecule has 3 heteroatoms. The molecule has 0 radical (unpaired) electrons. The zero-order chi connectivity index (χ0) is 15.1. The van der Waals surface area contributed by atoms with E-state index in [1.807, 2.05) is 0 Å². The van der Waals surface area contributed by atoms with E-state index in [1.54, 1.807) is 0 Å². The number of rotatable bonds is 3. The highest BCUT2D eigenvalue weighted by molar-refractivity contribution is 7.80. The molecule has 0 unspecified atom stereocenters. The fraction of sp³-hybridized carbons (Fsp3) is 0.632. The minimum absolute atomic E-state index is 0.614. The van der Waals surface area contributed by atoms with E-state index in [1.165, 1.54) is 37.7 Å². The van der Waals surface area contributed by atoms with Gasteiger partial charge in [0.25, 0.3) is 0 Å². The molecule has 4 saturated carbocycles. The summed E-state index contributed by atoms with van der Waals surface area (Å²) in [6, 6.07) is 9.22. The van der Waals surface area contributed by atoms with E-state index in [9.17, 15) is 0 Å². The van der Waals surface area contributed by atoms with Crippen molar-refractivity contribution in [2.75, 3.05) is 5.32 Å². The van der Waals surface area contributed by atoms with Crippen molar-refractivity contribution in [2.45, 2.75) is 51.5 Å². The quantitative estimate of drug-likeness (QED) is 0.811. The standard InChI is InChI=1S/C19H26N2S/c1-2-12-3-5-17(6-4-12)20-19(22)21-18-15-8-13-7-14(10-15)11-16(18)9-13/h3-6,13-16,18H,2,7-11H2,1H3,(H2,20,21,22). The van der Waals surface area contributed by atoms with Crippen LogP contribution < -0.4 is 10.6 Å². The van der Waals surface area contributed by atoms with Crippen LogP contribution in [0.25, 0.3) is 0 Å². The molecule has 4 bridgehead atoms. The first-order valence-electron chi connectivity index (χ1n) is 8.87. The molecule has 2 nitrogen and oxygen atoms in total. The van der Waals surface area contributed by atoms with Crippen molar-refractivity contribution in [3.63, 3.8) is 0 Å². The van der Waals surface area contributed by atoms with Crippen LogP contribution in [0.4, 0.5) is 5.69 Å². The van der Waals surface area contributed by atoms with Crippen LogP contribution in [0.1, 0.15) is 44.6 Å². The molecule has 4 fully saturated rings. The number of benzene rings is 1. The first-order valence-corrected chi connectivity index (χ1v) is 9.28. The maximum Gasteiger partial charge on any atom is 0.171 e. The predicted octanol–water partition coefficient (Wildman–Crippen LogP) is 4.36. The zero-order valence-corrected chi connectivity index (χ0v) is 14.2. The third-order valence-corrected chi connectivity index (χ3v) is 6.36. The van der Waals surface area contributed by atoms with Gasteiger partial charge in [0.1, 0.15) is 0 Å². The Morgan fingerprint density at radius 1 is 1.00 bits per heavy atom. The number of anilines is 1.